The normalized spacial score (nSPS) is 12.3. The molecule has 0 aliphatic carbocycles. The first-order valence-corrected chi connectivity index (χ1v) is 7.80. The van der Waals surface area contributed by atoms with Gasteiger partial charge in [-0.2, -0.15) is 0 Å². The highest BCUT2D eigenvalue weighted by atomic mass is 79.9. The van der Waals surface area contributed by atoms with Crippen molar-refractivity contribution in [3.63, 3.8) is 0 Å². The fourth-order valence-corrected chi connectivity index (χ4v) is 3.27. The summed E-state index contributed by atoms with van der Waals surface area (Å²) in [5, 5.41) is 10.7. The molecule has 0 radical (unpaired) electrons. The summed E-state index contributed by atoms with van der Waals surface area (Å²) in [6.45, 7) is 6.05. The average molecular weight is 349 g/mol. The number of ether oxygens (including phenoxy) is 1. The summed E-state index contributed by atoms with van der Waals surface area (Å²) in [6, 6.07) is 10.3. The zero-order valence-corrected chi connectivity index (χ0v) is 14.5. The van der Waals surface area contributed by atoms with E-state index in [1.54, 1.807) is 7.11 Å². The van der Waals surface area contributed by atoms with E-state index in [9.17, 15) is 5.11 Å². The van der Waals surface area contributed by atoms with E-state index in [1.807, 2.05) is 32.0 Å². The monoisotopic (exact) mass is 348 g/mol. The first-order chi connectivity index (χ1) is 9.93. The van der Waals surface area contributed by atoms with E-state index in [0.29, 0.717) is 6.42 Å². The van der Waals surface area contributed by atoms with Crippen molar-refractivity contribution in [1.29, 1.82) is 0 Å². The highest BCUT2D eigenvalue weighted by molar-refractivity contribution is 9.10. The number of benzene rings is 2. The molecule has 0 saturated carbocycles. The lowest BCUT2D eigenvalue weighted by Crippen LogP contribution is -2.08. The molecule has 21 heavy (non-hydrogen) atoms. The van der Waals surface area contributed by atoms with Crippen molar-refractivity contribution >= 4 is 15.9 Å². The first-order valence-electron chi connectivity index (χ1n) is 7.01. The third-order valence-electron chi connectivity index (χ3n) is 3.76. The van der Waals surface area contributed by atoms with Gasteiger partial charge in [0.1, 0.15) is 5.75 Å². The molecule has 0 aliphatic heterocycles. The van der Waals surface area contributed by atoms with Gasteiger partial charge in [-0.3, -0.25) is 0 Å². The lowest BCUT2D eigenvalue weighted by Gasteiger charge is -2.20. The Balaban J connectivity index is 2.41. The van der Waals surface area contributed by atoms with Crippen molar-refractivity contribution in [1.82, 2.24) is 0 Å². The Bertz CT molecular complexity index is 650. The van der Waals surface area contributed by atoms with Crippen LogP contribution in [0.1, 0.15) is 33.9 Å². The number of rotatable bonds is 4. The minimum atomic E-state index is -0.585. The quantitative estimate of drug-likeness (QED) is 0.870. The van der Waals surface area contributed by atoms with E-state index in [-0.39, 0.29) is 0 Å². The smallest absolute Gasteiger partial charge is 0.127 e. The third kappa shape index (κ3) is 3.47. The summed E-state index contributed by atoms with van der Waals surface area (Å²) < 4.78 is 6.51. The maximum absolute atomic E-state index is 10.7. The van der Waals surface area contributed by atoms with Crippen molar-refractivity contribution in [3.05, 3.63) is 62.6 Å². The predicted molar refractivity (Wildman–Crippen MR) is 90.0 cm³/mol. The average Bonchev–Trinajstić information content (AvgIpc) is 2.42. The lowest BCUT2D eigenvalue weighted by atomic mass is 9.94. The molecule has 3 heteroatoms. The van der Waals surface area contributed by atoms with Gasteiger partial charge in [-0.1, -0.05) is 45.8 Å². The van der Waals surface area contributed by atoms with Gasteiger partial charge in [-0.15, -0.1) is 0 Å². The fourth-order valence-electron chi connectivity index (χ4n) is 2.71. The Hall–Kier alpha value is -1.32. The van der Waals surface area contributed by atoms with Crippen LogP contribution >= 0.6 is 15.9 Å². The Morgan fingerprint density at radius 3 is 2.52 bits per heavy atom. The van der Waals surface area contributed by atoms with Crippen LogP contribution < -0.4 is 4.74 Å². The molecule has 2 aromatic carbocycles. The van der Waals surface area contributed by atoms with Crippen molar-refractivity contribution in [3.8, 4) is 5.75 Å². The van der Waals surface area contributed by atoms with Gasteiger partial charge in [-0.25, -0.2) is 0 Å². The van der Waals surface area contributed by atoms with Gasteiger partial charge in [0, 0.05) is 16.5 Å². The second-order valence-electron chi connectivity index (χ2n) is 5.46. The maximum atomic E-state index is 10.7. The largest absolute Gasteiger partial charge is 0.496 e. The molecule has 0 aromatic heterocycles. The molecule has 2 rings (SSSR count). The van der Waals surface area contributed by atoms with E-state index < -0.39 is 6.10 Å². The second kappa shape index (κ2) is 6.63. The van der Waals surface area contributed by atoms with E-state index in [1.165, 1.54) is 5.56 Å². The summed E-state index contributed by atoms with van der Waals surface area (Å²) in [4.78, 5) is 0. The summed E-state index contributed by atoms with van der Waals surface area (Å²) in [5.74, 6) is 0.774. The Morgan fingerprint density at radius 2 is 1.90 bits per heavy atom. The molecule has 0 saturated heterocycles. The van der Waals surface area contributed by atoms with Crippen LogP contribution in [0.4, 0.5) is 0 Å². The van der Waals surface area contributed by atoms with Gasteiger partial charge >= 0.3 is 0 Å². The van der Waals surface area contributed by atoms with Crippen LogP contribution in [0.25, 0.3) is 0 Å². The molecule has 0 aliphatic rings. The first kappa shape index (κ1) is 16.1. The van der Waals surface area contributed by atoms with Crippen LogP contribution in [0.5, 0.6) is 5.75 Å². The molecule has 112 valence electrons. The SMILES string of the molecule is COc1c(C)cc(Br)c(C)c1C(O)Cc1cccc(C)c1. The van der Waals surface area contributed by atoms with Crippen molar-refractivity contribution in [2.24, 2.45) is 0 Å². The van der Waals surface area contributed by atoms with Crippen molar-refractivity contribution in [2.45, 2.75) is 33.3 Å². The molecule has 0 heterocycles. The van der Waals surface area contributed by atoms with Gasteiger partial charge < -0.3 is 9.84 Å². The standard InChI is InChI=1S/C18H21BrO2/c1-11-6-5-7-14(8-11)10-16(20)17-13(3)15(19)9-12(2)18(17)21-4/h5-9,16,20H,10H2,1-4H3. The van der Waals surface area contributed by atoms with E-state index >= 15 is 0 Å². The molecule has 1 atom stereocenters. The van der Waals surface area contributed by atoms with Crippen LogP contribution in [0.2, 0.25) is 0 Å². The molecule has 0 bridgehead atoms. The van der Waals surface area contributed by atoms with E-state index in [0.717, 1.165) is 32.5 Å². The van der Waals surface area contributed by atoms with Crippen molar-refractivity contribution in [2.75, 3.05) is 7.11 Å². The summed E-state index contributed by atoms with van der Waals surface area (Å²) >= 11 is 3.56. The molecular formula is C18H21BrO2. The Morgan fingerprint density at radius 1 is 1.19 bits per heavy atom. The molecule has 2 aromatic rings. The number of aliphatic hydroxyl groups is 1. The Labute approximate surface area is 134 Å². The molecule has 0 fully saturated rings. The van der Waals surface area contributed by atoms with Gasteiger partial charge in [0.25, 0.3) is 0 Å². The summed E-state index contributed by atoms with van der Waals surface area (Å²) in [5.41, 5.74) is 5.24. The van der Waals surface area contributed by atoms with Crippen LogP contribution in [0.15, 0.2) is 34.8 Å². The third-order valence-corrected chi connectivity index (χ3v) is 4.58. The number of hydrogen-bond donors (Lipinski definition) is 1. The highest BCUT2D eigenvalue weighted by Gasteiger charge is 2.20. The molecular weight excluding hydrogens is 328 g/mol. The molecule has 1 unspecified atom stereocenters. The Kier molecular flexibility index (Phi) is 5.07. The van der Waals surface area contributed by atoms with Gasteiger partial charge in [0.2, 0.25) is 0 Å². The molecule has 0 spiro atoms. The van der Waals surface area contributed by atoms with Crippen LogP contribution in [-0.2, 0) is 6.42 Å². The minimum absolute atomic E-state index is 0.578. The zero-order chi connectivity index (χ0) is 15.6. The van der Waals surface area contributed by atoms with Crippen LogP contribution in [-0.4, -0.2) is 12.2 Å². The number of aliphatic hydroxyl groups excluding tert-OH is 1. The zero-order valence-electron chi connectivity index (χ0n) is 12.9. The number of halogens is 1. The number of hydrogen-bond acceptors (Lipinski definition) is 2. The summed E-state index contributed by atoms with van der Waals surface area (Å²) in [7, 11) is 1.65. The minimum Gasteiger partial charge on any atom is -0.496 e. The molecule has 2 nitrogen and oxygen atoms in total. The van der Waals surface area contributed by atoms with Gasteiger partial charge in [0.15, 0.2) is 0 Å². The topological polar surface area (TPSA) is 29.5 Å². The van der Waals surface area contributed by atoms with Gasteiger partial charge in [0.05, 0.1) is 13.2 Å². The predicted octanol–water partition coefficient (Wildman–Crippen LogP) is 4.66. The van der Waals surface area contributed by atoms with Gasteiger partial charge in [-0.05, 0) is 43.5 Å². The fraction of sp³-hybridized carbons (Fsp3) is 0.333. The van der Waals surface area contributed by atoms with E-state index in [2.05, 4.69) is 35.0 Å². The molecule has 0 amide bonds. The molecule has 1 N–H and O–H groups in total. The summed E-state index contributed by atoms with van der Waals surface area (Å²) in [6.07, 6.45) is -0.00708. The van der Waals surface area contributed by atoms with Crippen molar-refractivity contribution < 1.29 is 9.84 Å². The van der Waals surface area contributed by atoms with Crippen LogP contribution in [0, 0.1) is 20.8 Å². The maximum Gasteiger partial charge on any atom is 0.127 e. The second-order valence-corrected chi connectivity index (χ2v) is 6.31. The number of methoxy groups -OCH3 is 1. The van der Waals surface area contributed by atoms with E-state index in [4.69, 9.17) is 4.74 Å². The lowest BCUT2D eigenvalue weighted by molar-refractivity contribution is 0.173. The van der Waals surface area contributed by atoms with Crippen LogP contribution in [0.3, 0.4) is 0 Å². The highest BCUT2D eigenvalue weighted by Crippen LogP contribution is 2.37. The number of aryl methyl sites for hydroxylation is 2.